The summed E-state index contributed by atoms with van der Waals surface area (Å²) in [6.07, 6.45) is 0. The maximum Gasteiger partial charge on any atom is 0.260 e. The predicted octanol–water partition coefficient (Wildman–Crippen LogP) is 1.30. The number of hydrogen-bond acceptors (Lipinski definition) is 6. The number of fused-ring (bicyclic) bond motifs is 3. The monoisotopic (exact) mass is 285 g/mol. The Bertz CT molecular complexity index is 660. The molecule has 1 aromatic heterocycles. The third kappa shape index (κ3) is 2.11. The van der Waals surface area contributed by atoms with Crippen molar-refractivity contribution < 1.29 is 4.52 Å². The zero-order valence-electron chi connectivity index (χ0n) is 12.1. The molecular weight excluding hydrogens is 266 g/mol. The maximum atomic E-state index is 6.12. The third-order valence-corrected chi connectivity index (χ3v) is 4.57. The highest BCUT2D eigenvalue weighted by Crippen LogP contribution is 2.31. The van der Waals surface area contributed by atoms with Gasteiger partial charge in [-0.3, -0.25) is 9.80 Å². The van der Waals surface area contributed by atoms with E-state index in [2.05, 4.69) is 19.9 Å². The highest BCUT2D eigenvalue weighted by molar-refractivity contribution is 5.73. The van der Waals surface area contributed by atoms with Crippen LogP contribution in [-0.4, -0.2) is 52.7 Å². The van der Waals surface area contributed by atoms with Crippen molar-refractivity contribution in [3.63, 3.8) is 0 Å². The first-order chi connectivity index (χ1) is 10.2. The molecule has 21 heavy (non-hydrogen) atoms. The number of hydrogen-bond donors (Lipinski definition) is 1. The molecule has 6 heteroatoms. The van der Waals surface area contributed by atoms with Gasteiger partial charge in [0, 0.05) is 38.4 Å². The number of benzene rings is 1. The van der Waals surface area contributed by atoms with E-state index >= 15 is 0 Å². The maximum absolute atomic E-state index is 6.12. The summed E-state index contributed by atoms with van der Waals surface area (Å²) in [4.78, 5) is 9.50. The van der Waals surface area contributed by atoms with Crippen molar-refractivity contribution in [1.29, 1.82) is 0 Å². The summed E-state index contributed by atoms with van der Waals surface area (Å²) in [5.74, 6) is 1.29. The Balaban J connectivity index is 1.65. The number of rotatable bonds is 2. The quantitative estimate of drug-likeness (QED) is 0.839. The lowest BCUT2D eigenvalue weighted by atomic mass is 10.1. The lowest BCUT2D eigenvalue weighted by Gasteiger charge is -2.46. The van der Waals surface area contributed by atoms with E-state index in [-0.39, 0.29) is 6.04 Å². The van der Waals surface area contributed by atoms with E-state index in [0.717, 1.165) is 49.7 Å². The van der Waals surface area contributed by atoms with Crippen LogP contribution in [0.25, 0.3) is 11.5 Å². The molecule has 0 saturated carbocycles. The van der Waals surface area contributed by atoms with Crippen LogP contribution in [0.4, 0.5) is 5.69 Å². The lowest BCUT2D eigenvalue weighted by Crippen LogP contribution is -2.57. The average Bonchev–Trinajstić information content (AvgIpc) is 3.01. The van der Waals surface area contributed by atoms with Gasteiger partial charge in [0.05, 0.1) is 11.6 Å². The Hall–Kier alpha value is -1.92. The minimum atomic E-state index is 0.246. The van der Waals surface area contributed by atoms with Crippen LogP contribution in [0.5, 0.6) is 0 Å². The molecule has 0 amide bonds. The fourth-order valence-corrected chi connectivity index (χ4v) is 3.21. The third-order valence-electron chi connectivity index (χ3n) is 4.57. The van der Waals surface area contributed by atoms with Gasteiger partial charge in [0.2, 0.25) is 0 Å². The zero-order chi connectivity index (χ0) is 14.4. The normalized spacial score (nSPS) is 28.0. The number of aromatic nitrogens is 2. The van der Waals surface area contributed by atoms with Crippen LogP contribution in [0, 0.1) is 6.92 Å². The Morgan fingerprint density at radius 1 is 1.24 bits per heavy atom. The molecule has 3 aliphatic heterocycles. The molecule has 5 rings (SSSR count). The molecule has 3 saturated heterocycles. The van der Waals surface area contributed by atoms with Crippen LogP contribution >= 0.6 is 0 Å². The van der Waals surface area contributed by atoms with Gasteiger partial charge in [-0.05, 0) is 18.6 Å². The molecule has 2 aromatic rings. The Morgan fingerprint density at radius 3 is 2.76 bits per heavy atom. The van der Waals surface area contributed by atoms with Crippen molar-refractivity contribution in [1.82, 2.24) is 19.9 Å². The zero-order valence-corrected chi connectivity index (χ0v) is 12.1. The van der Waals surface area contributed by atoms with Gasteiger partial charge in [-0.2, -0.15) is 4.98 Å². The molecule has 3 fully saturated rings. The van der Waals surface area contributed by atoms with Gasteiger partial charge >= 0.3 is 0 Å². The van der Waals surface area contributed by atoms with Crippen molar-refractivity contribution in [2.24, 2.45) is 0 Å². The first-order valence-electron chi connectivity index (χ1n) is 7.38. The van der Waals surface area contributed by atoms with Crippen molar-refractivity contribution >= 4 is 5.69 Å². The van der Waals surface area contributed by atoms with Crippen LogP contribution in [0.2, 0.25) is 0 Å². The van der Waals surface area contributed by atoms with E-state index in [1.165, 1.54) is 0 Å². The molecule has 1 unspecified atom stereocenters. The van der Waals surface area contributed by atoms with E-state index < -0.39 is 0 Å². The van der Waals surface area contributed by atoms with Gasteiger partial charge < -0.3 is 10.3 Å². The summed E-state index contributed by atoms with van der Waals surface area (Å²) in [5.41, 5.74) is 8.68. The summed E-state index contributed by atoms with van der Waals surface area (Å²) < 4.78 is 5.46. The van der Waals surface area contributed by atoms with Gasteiger partial charge in [0.1, 0.15) is 0 Å². The topological polar surface area (TPSA) is 71.4 Å². The van der Waals surface area contributed by atoms with Gasteiger partial charge in [-0.15, -0.1) is 0 Å². The molecule has 0 radical (unpaired) electrons. The van der Waals surface area contributed by atoms with Crippen LogP contribution in [-0.2, 0) is 0 Å². The first kappa shape index (κ1) is 12.8. The fourth-order valence-electron chi connectivity index (χ4n) is 3.21. The van der Waals surface area contributed by atoms with Crippen molar-refractivity contribution in [2.45, 2.75) is 13.0 Å². The van der Waals surface area contributed by atoms with Gasteiger partial charge in [0.15, 0.2) is 5.82 Å². The molecular formula is C15H19N5O. The van der Waals surface area contributed by atoms with Crippen molar-refractivity contribution in [3.8, 4) is 11.5 Å². The minimum absolute atomic E-state index is 0.246. The number of aryl methyl sites for hydroxylation is 1. The molecule has 3 aliphatic rings. The van der Waals surface area contributed by atoms with Crippen molar-refractivity contribution in [3.05, 3.63) is 29.6 Å². The number of anilines is 1. The standard InChI is InChI=1S/C15H19N5O/c1-10-3-2-4-11(13(10)16)15-17-14(18-21-15)12-9-19-5-7-20(12)8-6-19/h2-4,12H,5-9,16H2,1H3. The highest BCUT2D eigenvalue weighted by Gasteiger charge is 2.35. The molecule has 0 spiro atoms. The van der Waals surface area contributed by atoms with Gasteiger partial charge in [0.25, 0.3) is 5.89 Å². The molecule has 1 aromatic carbocycles. The van der Waals surface area contributed by atoms with Crippen LogP contribution in [0.15, 0.2) is 22.7 Å². The number of piperazine rings is 3. The molecule has 0 aliphatic carbocycles. The SMILES string of the molecule is Cc1cccc(-c2nc(C3CN4CCN3CC4)no2)c1N. The minimum Gasteiger partial charge on any atom is -0.398 e. The molecule has 6 nitrogen and oxygen atoms in total. The summed E-state index contributed by atoms with van der Waals surface area (Å²) in [7, 11) is 0. The lowest BCUT2D eigenvalue weighted by molar-refractivity contribution is 0.00781. The highest BCUT2D eigenvalue weighted by atomic mass is 16.5. The summed E-state index contributed by atoms with van der Waals surface area (Å²) in [6, 6.07) is 6.12. The first-order valence-corrected chi connectivity index (χ1v) is 7.38. The van der Waals surface area contributed by atoms with E-state index in [4.69, 9.17) is 10.3 Å². The summed E-state index contributed by atoms with van der Waals surface area (Å²) in [6.45, 7) is 7.43. The largest absolute Gasteiger partial charge is 0.398 e. The molecule has 1 atom stereocenters. The average molecular weight is 285 g/mol. The van der Waals surface area contributed by atoms with E-state index in [0.29, 0.717) is 11.6 Å². The van der Waals surface area contributed by atoms with Crippen molar-refractivity contribution in [2.75, 3.05) is 38.5 Å². The molecule has 110 valence electrons. The van der Waals surface area contributed by atoms with E-state index in [1.807, 2.05) is 25.1 Å². The number of para-hydroxylation sites is 1. The van der Waals surface area contributed by atoms with E-state index in [9.17, 15) is 0 Å². The Kier molecular flexibility index (Phi) is 2.94. The second kappa shape index (κ2) is 4.82. The summed E-state index contributed by atoms with van der Waals surface area (Å²) in [5, 5.41) is 4.20. The second-order valence-electron chi connectivity index (χ2n) is 5.85. The summed E-state index contributed by atoms with van der Waals surface area (Å²) >= 11 is 0. The number of nitrogens with two attached hydrogens (primary N) is 1. The van der Waals surface area contributed by atoms with Gasteiger partial charge in [-0.25, -0.2) is 0 Å². The van der Waals surface area contributed by atoms with Gasteiger partial charge in [-0.1, -0.05) is 17.3 Å². The van der Waals surface area contributed by atoms with Crippen LogP contribution < -0.4 is 5.73 Å². The van der Waals surface area contributed by atoms with E-state index in [1.54, 1.807) is 0 Å². The molecule has 2 bridgehead atoms. The molecule has 4 heterocycles. The number of nitrogens with zero attached hydrogens (tertiary/aromatic N) is 4. The Labute approximate surface area is 123 Å². The van der Waals surface area contributed by atoms with Crippen LogP contribution in [0.1, 0.15) is 17.4 Å². The number of nitrogen functional groups attached to an aromatic ring is 1. The van der Waals surface area contributed by atoms with Crippen LogP contribution in [0.3, 0.4) is 0 Å². The smallest absolute Gasteiger partial charge is 0.260 e. The Morgan fingerprint density at radius 2 is 2.05 bits per heavy atom. The second-order valence-corrected chi connectivity index (χ2v) is 5.85. The fraction of sp³-hybridized carbons (Fsp3) is 0.467. The predicted molar refractivity (Wildman–Crippen MR) is 79.6 cm³/mol. The molecule has 2 N–H and O–H groups in total.